The molecular weight excluding hydrogens is 326 g/mol. The summed E-state index contributed by atoms with van der Waals surface area (Å²) in [6.07, 6.45) is 3.54. The number of carbonyl (C=O) groups is 1. The van der Waals surface area contributed by atoms with E-state index in [0.29, 0.717) is 25.7 Å². The Balaban J connectivity index is 1.61. The van der Waals surface area contributed by atoms with E-state index >= 15 is 0 Å². The zero-order chi connectivity index (χ0) is 17.2. The van der Waals surface area contributed by atoms with Crippen LogP contribution in [0.1, 0.15) is 31.2 Å². The lowest BCUT2D eigenvalue weighted by Gasteiger charge is -2.45. The van der Waals surface area contributed by atoms with Gasteiger partial charge in [0.2, 0.25) is 0 Å². The molecule has 1 aromatic rings. The molecule has 0 unspecified atom stereocenters. The van der Waals surface area contributed by atoms with Gasteiger partial charge < -0.3 is 15.7 Å². The first-order valence-electron chi connectivity index (χ1n) is 8.72. The van der Waals surface area contributed by atoms with E-state index in [1.54, 1.807) is 0 Å². The maximum Gasteiger partial charge on any atom is 0.407 e. The lowest BCUT2D eigenvalue weighted by molar-refractivity contribution is 0.0632. The second kappa shape index (κ2) is 7.30. The van der Waals surface area contributed by atoms with Crippen LogP contribution in [-0.4, -0.2) is 59.8 Å². The molecule has 1 aliphatic heterocycles. The molecule has 0 spiro atoms. The van der Waals surface area contributed by atoms with Crippen LogP contribution in [0.15, 0.2) is 24.3 Å². The Kier molecular flexibility index (Phi) is 5.33. The van der Waals surface area contributed by atoms with Crippen LogP contribution in [0.5, 0.6) is 0 Å². The second-order valence-corrected chi connectivity index (χ2v) is 7.47. The molecule has 24 heavy (non-hydrogen) atoms. The molecule has 2 aliphatic rings. The van der Waals surface area contributed by atoms with Crippen LogP contribution in [0.2, 0.25) is 5.02 Å². The number of benzene rings is 1. The number of rotatable bonds is 3. The smallest absolute Gasteiger partial charge is 0.407 e. The fourth-order valence-corrected chi connectivity index (χ4v) is 4.42. The summed E-state index contributed by atoms with van der Waals surface area (Å²) in [5, 5.41) is 9.84. The zero-order valence-corrected chi connectivity index (χ0v) is 14.7. The van der Waals surface area contributed by atoms with E-state index in [1.165, 1.54) is 10.5 Å². The lowest BCUT2D eigenvalue weighted by Crippen LogP contribution is -2.53. The first kappa shape index (κ1) is 17.5. The van der Waals surface area contributed by atoms with Crippen LogP contribution in [0.25, 0.3) is 0 Å². The van der Waals surface area contributed by atoms with E-state index in [-0.39, 0.29) is 5.41 Å². The number of amides is 1. The molecule has 5 nitrogen and oxygen atoms in total. The molecule has 6 heteroatoms. The molecule has 1 aromatic carbocycles. The number of piperazine rings is 1. The van der Waals surface area contributed by atoms with E-state index in [9.17, 15) is 4.79 Å². The van der Waals surface area contributed by atoms with Crippen molar-refractivity contribution in [3.05, 3.63) is 34.9 Å². The Hall–Kier alpha value is -1.30. The van der Waals surface area contributed by atoms with Crippen molar-refractivity contribution in [2.75, 3.05) is 32.7 Å². The molecule has 132 valence electrons. The third kappa shape index (κ3) is 3.53. The van der Waals surface area contributed by atoms with E-state index in [4.69, 9.17) is 22.4 Å². The van der Waals surface area contributed by atoms with Gasteiger partial charge in [-0.1, -0.05) is 23.7 Å². The molecule has 1 amide bonds. The summed E-state index contributed by atoms with van der Waals surface area (Å²) in [6, 6.07) is 8.65. The van der Waals surface area contributed by atoms with Crippen molar-refractivity contribution in [1.29, 1.82) is 0 Å². The molecule has 1 saturated carbocycles. The third-order valence-corrected chi connectivity index (χ3v) is 6.08. The van der Waals surface area contributed by atoms with Gasteiger partial charge in [0.05, 0.1) is 0 Å². The lowest BCUT2D eigenvalue weighted by atomic mass is 9.68. The molecule has 0 radical (unpaired) electrons. The average Bonchev–Trinajstić information content (AvgIpc) is 2.62. The Morgan fingerprint density at radius 3 is 2.46 bits per heavy atom. The Labute approximate surface area is 148 Å². The summed E-state index contributed by atoms with van der Waals surface area (Å²) >= 11 is 6.17. The molecule has 3 N–H and O–H groups in total. The maximum absolute atomic E-state index is 11.0. The van der Waals surface area contributed by atoms with E-state index < -0.39 is 6.09 Å². The van der Waals surface area contributed by atoms with Gasteiger partial charge in [-0.05, 0) is 43.4 Å². The monoisotopic (exact) mass is 351 g/mol. The van der Waals surface area contributed by atoms with Crippen molar-refractivity contribution in [2.24, 2.45) is 5.73 Å². The fourth-order valence-electron chi connectivity index (χ4n) is 4.23. The number of nitrogens with zero attached hydrogens (tertiary/aromatic N) is 2. The Bertz CT molecular complexity index is 579. The second-order valence-electron chi connectivity index (χ2n) is 7.03. The first-order valence-corrected chi connectivity index (χ1v) is 9.10. The maximum atomic E-state index is 11.0. The molecule has 1 saturated heterocycles. The van der Waals surface area contributed by atoms with Gasteiger partial charge in [-0.2, -0.15) is 0 Å². The topological polar surface area (TPSA) is 69.8 Å². The summed E-state index contributed by atoms with van der Waals surface area (Å²) in [7, 11) is 0. The Morgan fingerprint density at radius 2 is 1.92 bits per heavy atom. The molecule has 3 rings (SSSR count). The number of halogens is 1. The average molecular weight is 352 g/mol. The minimum Gasteiger partial charge on any atom is -0.465 e. The highest BCUT2D eigenvalue weighted by molar-refractivity contribution is 6.30. The van der Waals surface area contributed by atoms with E-state index in [2.05, 4.69) is 17.0 Å². The SMILES string of the molecule is NCC1(c2cccc(Cl)c2)CCC(N2CCN(C(=O)O)CC2)CC1. The predicted octanol–water partition coefficient (Wildman–Crippen LogP) is 2.77. The van der Waals surface area contributed by atoms with Gasteiger partial charge in [0.15, 0.2) is 0 Å². The summed E-state index contributed by atoms with van der Waals surface area (Å²) in [5.74, 6) is 0. The van der Waals surface area contributed by atoms with Gasteiger partial charge in [-0.25, -0.2) is 4.79 Å². The van der Waals surface area contributed by atoms with Crippen molar-refractivity contribution < 1.29 is 9.90 Å². The van der Waals surface area contributed by atoms with Gasteiger partial charge in [0.1, 0.15) is 0 Å². The molecular formula is C18H26ClN3O2. The largest absolute Gasteiger partial charge is 0.465 e. The molecule has 1 heterocycles. The predicted molar refractivity (Wildman–Crippen MR) is 95.6 cm³/mol. The van der Waals surface area contributed by atoms with Crippen LogP contribution < -0.4 is 5.73 Å². The van der Waals surface area contributed by atoms with Crippen molar-refractivity contribution in [3.8, 4) is 0 Å². The minimum atomic E-state index is -0.804. The minimum absolute atomic E-state index is 0.0320. The highest BCUT2D eigenvalue weighted by Crippen LogP contribution is 2.40. The summed E-state index contributed by atoms with van der Waals surface area (Å²) in [6.45, 7) is 3.55. The quantitative estimate of drug-likeness (QED) is 0.878. The molecule has 2 fully saturated rings. The van der Waals surface area contributed by atoms with Crippen molar-refractivity contribution in [2.45, 2.75) is 37.1 Å². The van der Waals surface area contributed by atoms with Crippen molar-refractivity contribution in [3.63, 3.8) is 0 Å². The summed E-state index contributed by atoms with van der Waals surface area (Å²) in [4.78, 5) is 15.0. The van der Waals surface area contributed by atoms with Crippen LogP contribution in [0.4, 0.5) is 4.79 Å². The normalized spacial score (nSPS) is 28.8. The number of hydrogen-bond acceptors (Lipinski definition) is 3. The zero-order valence-electron chi connectivity index (χ0n) is 14.0. The van der Waals surface area contributed by atoms with Gasteiger partial charge in [-0.15, -0.1) is 0 Å². The highest BCUT2D eigenvalue weighted by Gasteiger charge is 2.38. The molecule has 1 aliphatic carbocycles. The van der Waals surface area contributed by atoms with Gasteiger partial charge in [0.25, 0.3) is 0 Å². The van der Waals surface area contributed by atoms with Crippen LogP contribution >= 0.6 is 11.6 Å². The van der Waals surface area contributed by atoms with Gasteiger partial charge in [-0.3, -0.25) is 4.90 Å². The van der Waals surface area contributed by atoms with Crippen molar-refractivity contribution in [1.82, 2.24) is 9.80 Å². The molecule has 0 atom stereocenters. The van der Waals surface area contributed by atoms with Crippen LogP contribution in [0.3, 0.4) is 0 Å². The molecule has 0 bridgehead atoms. The highest BCUT2D eigenvalue weighted by atomic mass is 35.5. The van der Waals surface area contributed by atoms with E-state index in [0.717, 1.165) is 43.8 Å². The van der Waals surface area contributed by atoms with E-state index in [1.807, 2.05) is 12.1 Å². The summed E-state index contributed by atoms with van der Waals surface area (Å²) < 4.78 is 0. The standard InChI is InChI=1S/C18H26ClN3O2/c19-15-3-1-2-14(12-15)18(13-20)6-4-16(5-7-18)21-8-10-22(11-9-21)17(23)24/h1-3,12,16H,4-11,13,20H2,(H,23,24). The fraction of sp³-hybridized carbons (Fsp3) is 0.611. The summed E-state index contributed by atoms with van der Waals surface area (Å²) in [5.41, 5.74) is 7.46. The van der Waals surface area contributed by atoms with Crippen LogP contribution in [-0.2, 0) is 5.41 Å². The van der Waals surface area contributed by atoms with Gasteiger partial charge >= 0.3 is 6.09 Å². The Morgan fingerprint density at radius 1 is 1.25 bits per heavy atom. The van der Waals surface area contributed by atoms with Crippen molar-refractivity contribution >= 4 is 17.7 Å². The van der Waals surface area contributed by atoms with Crippen LogP contribution in [0, 0.1) is 0 Å². The molecule has 0 aromatic heterocycles. The van der Waals surface area contributed by atoms with Gasteiger partial charge in [0, 0.05) is 49.2 Å². The first-order chi connectivity index (χ1) is 11.5. The number of carboxylic acid groups (broad SMARTS) is 1. The number of nitrogens with two attached hydrogens (primary N) is 1. The third-order valence-electron chi connectivity index (χ3n) is 5.84. The number of hydrogen-bond donors (Lipinski definition) is 2.